The van der Waals surface area contributed by atoms with Gasteiger partial charge in [0, 0.05) is 31.4 Å². The Bertz CT molecular complexity index is 965. The van der Waals surface area contributed by atoms with E-state index in [4.69, 9.17) is 14.2 Å². The molecule has 8 nitrogen and oxygen atoms in total. The first-order valence-corrected chi connectivity index (χ1v) is 10.5. The van der Waals surface area contributed by atoms with E-state index in [1.807, 2.05) is 6.92 Å². The topological polar surface area (TPSA) is 113 Å². The first kappa shape index (κ1) is 21.8. The Kier molecular flexibility index (Phi) is 7.47. The molecule has 9 heteroatoms. The normalized spacial score (nSPS) is 14.3. The number of nitriles is 2. The summed E-state index contributed by atoms with van der Waals surface area (Å²) in [7, 11) is 3.33. The lowest BCUT2D eigenvalue weighted by Gasteiger charge is -2.25. The Hall–Kier alpha value is -2.85. The van der Waals surface area contributed by atoms with E-state index in [1.54, 1.807) is 32.5 Å². The van der Waals surface area contributed by atoms with Gasteiger partial charge in [0.25, 0.3) is 0 Å². The van der Waals surface area contributed by atoms with Crippen molar-refractivity contribution in [3.8, 4) is 29.1 Å². The summed E-state index contributed by atoms with van der Waals surface area (Å²) in [5.41, 5.74) is 1.64. The van der Waals surface area contributed by atoms with E-state index in [1.165, 1.54) is 11.8 Å². The van der Waals surface area contributed by atoms with Crippen molar-refractivity contribution in [3.05, 3.63) is 29.5 Å². The summed E-state index contributed by atoms with van der Waals surface area (Å²) in [6.45, 7) is 3.75. The Morgan fingerprint density at radius 3 is 2.60 bits per heavy atom. The SMILES string of the molecule is CNc1nc(SCC2COC2)c(C#N)c(-c2ccc(OCC(C)OC)cn2)c1C#N. The van der Waals surface area contributed by atoms with Gasteiger partial charge in [-0.2, -0.15) is 10.5 Å². The van der Waals surface area contributed by atoms with Crippen molar-refractivity contribution in [1.29, 1.82) is 10.5 Å². The maximum atomic E-state index is 9.88. The van der Waals surface area contributed by atoms with Crippen molar-refractivity contribution >= 4 is 17.6 Å². The van der Waals surface area contributed by atoms with E-state index >= 15 is 0 Å². The second-order valence-electron chi connectivity index (χ2n) is 6.82. The van der Waals surface area contributed by atoms with Gasteiger partial charge in [0.1, 0.15) is 40.9 Å². The van der Waals surface area contributed by atoms with Crippen LogP contribution < -0.4 is 10.1 Å². The van der Waals surface area contributed by atoms with Crippen LogP contribution in [0.2, 0.25) is 0 Å². The minimum atomic E-state index is -0.0425. The molecule has 3 rings (SSSR count). The molecule has 1 unspecified atom stereocenters. The van der Waals surface area contributed by atoms with Crippen molar-refractivity contribution < 1.29 is 14.2 Å². The number of thioether (sulfide) groups is 1. The number of nitrogens with zero attached hydrogens (tertiary/aromatic N) is 4. The number of ether oxygens (including phenoxy) is 3. The largest absolute Gasteiger partial charge is 0.489 e. The molecule has 0 saturated carbocycles. The van der Waals surface area contributed by atoms with E-state index in [9.17, 15) is 10.5 Å². The van der Waals surface area contributed by atoms with Crippen molar-refractivity contribution in [2.45, 2.75) is 18.1 Å². The molecule has 0 radical (unpaired) electrons. The zero-order valence-corrected chi connectivity index (χ0v) is 18.0. The summed E-state index contributed by atoms with van der Waals surface area (Å²) >= 11 is 1.50. The summed E-state index contributed by atoms with van der Waals surface area (Å²) in [5.74, 6) is 2.26. The number of rotatable bonds is 9. The fourth-order valence-corrected chi connectivity index (χ4v) is 3.82. The number of aromatic nitrogens is 2. The molecule has 0 bridgehead atoms. The van der Waals surface area contributed by atoms with Gasteiger partial charge in [-0.25, -0.2) is 4.98 Å². The molecule has 30 heavy (non-hydrogen) atoms. The minimum absolute atomic E-state index is 0.0425. The van der Waals surface area contributed by atoms with Crippen LogP contribution in [0.1, 0.15) is 18.1 Å². The standard InChI is InChI=1S/C21H23N5O3S/c1-13(27-3)9-29-15-4-5-18(25-8-15)19-16(6-22)20(24-2)26-21(17(19)7-23)30-12-14-10-28-11-14/h4-5,8,13-14H,9-12H2,1-3H3,(H,24,26). The number of anilines is 1. The monoisotopic (exact) mass is 425 g/mol. The molecule has 1 N–H and O–H groups in total. The molecule has 3 heterocycles. The summed E-state index contributed by atoms with van der Waals surface area (Å²) in [6.07, 6.45) is 1.54. The molecule has 1 saturated heterocycles. The first-order chi connectivity index (χ1) is 14.6. The lowest BCUT2D eigenvalue weighted by atomic mass is 10.0. The molecule has 1 aliphatic rings. The van der Waals surface area contributed by atoms with Crippen LogP contribution in [0.3, 0.4) is 0 Å². The van der Waals surface area contributed by atoms with Crippen molar-refractivity contribution in [2.75, 3.05) is 45.0 Å². The predicted octanol–water partition coefficient (Wildman–Crippen LogP) is 3.08. The van der Waals surface area contributed by atoms with Crippen molar-refractivity contribution in [3.63, 3.8) is 0 Å². The second kappa shape index (κ2) is 10.3. The van der Waals surface area contributed by atoms with Gasteiger partial charge in [-0.1, -0.05) is 0 Å². The lowest BCUT2D eigenvalue weighted by Crippen LogP contribution is -2.29. The highest BCUT2D eigenvalue weighted by Crippen LogP contribution is 2.37. The number of hydrogen-bond acceptors (Lipinski definition) is 9. The molecule has 0 aliphatic carbocycles. The van der Waals surface area contributed by atoms with Crippen molar-refractivity contribution in [2.24, 2.45) is 5.92 Å². The molecule has 0 aromatic carbocycles. The third-order valence-electron chi connectivity index (χ3n) is 4.67. The number of methoxy groups -OCH3 is 1. The Morgan fingerprint density at radius 1 is 1.30 bits per heavy atom. The molecule has 2 aromatic rings. The minimum Gasteiger partial charge on any atom is -0.489 e. The lowest BCUT2D eigenvalue weighted by molar-refractivity contribution is -0.0196. The number of pyridine rings is 2. The van der Waals surface area contributed by atoms with Gasteiger partial charge in [-0.15, -0.1) is 11.8 Å². The smallest absolute Gasteiger partial charge is 0.145 e. The summed E-state index contributed by atoms with van der Waals surface area (Å²) in [6, 6.07) is 7.92. The summed E-state index contributed by atoms with van der Waals surface area (Å²) < 4.78 is 16.1. The molecule has 1 aliphatic heterocycles. The Balaban J connectivity index is 1.97. The van der Waals surface area contributed by atoms with Gasteiger partial charge in [-0.05, 0) is 19.1 Å². The quantitative estimate of drug-likeness (QED) is 0.605. The third-order valence-corrected chi connectivity index (χ3v) is 5.87. The van der Waals surface area contributed by atoms with Gasteiger partial charge in [-0.3, -0.25) is 4.98 Å². The molecule has 1 atom stereocenters. The molecule has 156 valence electrons. The average Bonchev–Trinajstić information content (AvgIpc) is 2.75. The van der Waals surface area contributed by atoms with Crippen LogP contribution in [0.25, 0.3) is 11.3 Å². The Labute approximate surface area is 180 Å². The number of hydrogen-bond donors (Lipinski definition) is 1. The van der Waals surface area contributed by atoms with Gasteiger partial charge >= 0.3 is 0 Å². The van der Waals surface area contributed by atoms with Crippen LogP contribution in [0.5, 0.6) is 5.75 Å². The van der Waals surface area contributed by atoms with Gasteiger partial charge < -0.3 is 19.5 Å². The third kappa shape index (κ3) is 4.82. The zero-order chi connectivity index (χ0) is 21.5. The van der Waals surface area contributed by atoms with Crippen LogP contribution in [0.4, 0.5) is 5.82 Å². The molecule has 0 amide bonds. The van der Waals surface area contributed by atoms with Gasteiger partial charge in [0.15, 0.2) is 0 Å². The highest BCUT2D eigenvalue weighted by molar-refractivity contribution is 7.99. The Morgan fingerprint density at radius 2 is 2.07 bits per heavy atom. The summed E-state index contributed by atoms with van der Waals surface area (Å²) in [4.78, 5) is 8.98. The van der Waals surface area contributed by atoms with E-state index < -0.39 is 0 Å². The van der Waals surface area contributed by atoms with E-state index in [-0.39, 0.29) is 6.10 Å². The van der Waals surface area contributed by atoms with Crippen LogP contribution in [-0.4, -0.2) is 55.8 Å². The highest BCUT2D eigenvalue weighted by atomic mass is 32.2. The maximum absolute atomic E-state index is 9.88. The van der Waals surface area contributed by atoms with Crippen molar-refractivity contribution in [1.82, 2.24) is 9.97 Å². The van der Waals surface area contributed by atoms with E-state index in [2.05, 4.69) is 27.4 Å². The van der Waals surface area contributed by atoms with Crippen LogP contribution in [-0.2, 0) is 9.47 Å². The average molecular weight is 426 g/mol. The first-order valence-electron chi connectivity index (χ1n) is 9.49. The predicted molar refractivity (Wildman–Crippen MR) is 113 cm³/mol. The van der Waals surface area contributed by atoms with E-state index in [0.717, 1.165) is 19.0 Å². The van der Waals surface area contributed by atoms with Gasteiger partial charge in [0.2, 0.25) is 0 Å². The fraction of sp³-hybridized carbons (Fsp3) is 0.429. The second-order valence-corrected chi connectivity index (χ2v) is 7.82. The zero-order valence-electron chi connectivity index (χ0n) is 17.1. The highest BCUT2D eigenvalue weighted by Gasteiger charge is 2.24. The van der Waals surface area contributed by atoms with Crippen LogP contribution >= 0.6 is 11.8 Å². The van der Waals surface area contributed by atoms with Gasteiger partial charge in [0.05, 0.1) is 36.8 Å². The number of nitrogens with one attached hydrogen (secondary N) is 1. The molecular weight excluding hydrogens is 402 g/mol. The maximum Gasteiger partial charge on any atom is 0.145 e. The molecule has 1 fully saturated rings. The summed E-state index contributed by atoms with van der Waals surface area (Å²) in [5, 5.41) is 23.2. The molecule has 0 spiro atoms. The van der Waals surface area contributed by atoms with Crippen LogP contribution in [0, 0.1) is 28.6 Å². The molecular formula is C21H23N5O3S. The fourth-order valence-electron chi connectivity index (χ4n) is 2.79. The molecule has 2 aromatic heterocycles. The van der Waals surface area contributed by atoms with E-state index in [0.29, 0.717) is 51.5 Å². The van der Waals surface area contributed by atoms with Crippen LogP contribution in [0.15, 0.2) is 23.4 Å².